The minimum atomic E-state index is -4.51. The number of aromatic nitrogens is 2. The van der Waals surface area contributed by atoms with E-state index in [4.69, 9.17) is 0 Å². The monoisotopic (exact) mass is 724 g/mol. The van der Waals surface area contributed by atoms with Crippen molar-refractivity contribution in [2.24, 2.45) is 0 Å². The number of hydrogen-bond donors (Lipinski definition) is 0. The maximum atomic E-state index is 15.4. The number of hydrogen-bond acceptors (Lipinski definition) is 4. The minimum Gasteiger partial charge on any atom is -0.264 e. The van der Waals surface area contributed by atoms with Crippen molar-refractivity contribution in [3.63, 3.8) is 0 Å². The predicted octanol–water partition coefficient (Wildman–Crippen LogP) is 10.6. The average Bonchev–Trinajstić information content (AvgIpc) is 3.09. The first kappa shape index (κ1) is 35.4. The molecule has 2 aromatic heterocycles. The minimum absolute atomic E-state index is 0.174. The highest BCUT2D eigenvalue weighted by Crippen LogP contribution is 2.37. The lowest BCUT2D eigenvalue weighted by Crippen LogP contribution is -2.10. The maximum absolute atomic E-state index is 15.4. The number of alkyl halides is 6. The molecule has 0 amide bonds. The van der Waals surface area contributed by atoms with Gasteiger partial charge in [-0.05, 0) is 81.9 Å². The van der Waals surface area contributed by atoms with Gasteiger partial charge < -0.3 is 0 Å². The van der Waals surface area contributed by atoms with Crippen LogP contribution in [0.25, 0.3) is 44.5 Å². The van der Waals surface area contributed by atoms with Crippen molar-refractivity contribution in [3.8, 4) is 44.5 Å². The highest BCUT2D eigenvalue weighted by Gasteiger charge is 2.31. The van der Waals surface area contributed by atoms with Crippen molar-refractivity contribution in [3.05, 3.63) is 156 Å². The predicted molar refractivity (Wildman–Crippen MR) is 176 cm³/mol. The molecule has 4 aromatic carbocycles. The molecule has 2 heterocycles. The van der Waals surface area contributed by atoms with Crippen LogP contribution in [0.4, 0.5) is 35.1 Å². The zero-order valence-electron chi connectivity index (χ0n) is 26.1. The van der Waals surface area contributed by atoms with Gasteiger partial charge in [-0.15, -0.1) is 0 Å². The van der Waals surface area contributed by atoms with Gasteiger partial charge in [-0.25, -0.2) is 17.2 Å². The summed E-state index contributed by atoms with van der Waals surface area (Å²) in [5.74, 6) is -3.22. The van der Waals surface area contributed by atoms with Crippen molar-refractivity contribution in [1.82, 2.24) is 9.97 Å². The van der Waals surface area contributed by atoms with Crippen LogP contribution in [0.3, 0.4) is 0 Å². The second-order valence-electron chi connectivity index (χ2n) is 11.6. The largest absolute Gasteiger partial charge is 0.416 e. The zero-order valence-corrected chi connectivity index (χ0v) is 26.9. The highest BCUT2D eigenvalue weighted by molar-refractivity contribution is 7.89. The van der Waals surface area contributed by atoms with Crippen LogP contribution >= 0.6 is 0 Å². The van der Waals surface area contributed by atoms with Crippen molar-refractivity contribution in [1.29, 1.82) is 0 Å². The Morgan fingerprint density at radius 2 is 0.824 bits per heavy atom. The molecule has 260 valence electrons. The molecule has 6 aromatic rings. The Labute approximate surface area is 287 Å². The second kappa shape index (κ2) is 13.7. The van der Waals surface area contributed by atoms with Crippen LogP contribution in [0, 0.1) is 11.6 Å². The third kappa shape index (κ3) is 7.99. The van der Waals surface area contributed by atoms with Gasteiger partial charge >= 0.3 is 12.4 Å². The van der Waals surface area contributed by atoms with E-state index in [1.807, 2.05) is 0 Å². The van der Waals surface area contributed by atoms with E-state index in [1.54, 1.807) is 12.1 Å². The Hall–Kier alpha value is -5.43. The second-order valence-corrected chi connectivity index (χ2v) is 13.7. The zero-order chi connectivity index (χ0) is 36.6. The third-order valence-electron chi connectivity index (χ3n) is 8.17. The van der Waals surface area contributed by atoms with Crippen molar-refractivity contribution in [2.45, 2.75) is 23.9 Å². The Balaban J connectivity index is 1.20. The number of halogens is 8. The highest BCUT2D eigenvalue weighted by atomic mass is 32.2. The summed E-state index contributed by atoms with van der Waals surface area (Å²) in [5.41, 5.74) is 1.26. The molecule has 0 radical (unpaired) electrons. The SMILES string of the molecule is O=S(=O)(Cc1ccc(-c2cnccc2-c2ccc(C(F)(F)F)cc2)cc1F)Cc1ccc(-c2cnccc2-c2ccc(C(F)(F)F)cc2)cc1F. The van der Waals surface area contributed by atoms with Crippen LogP contribution in [0.15, 0.2) is 122 Å². The molecular formula is C38H24F8N2O2S. The van der Waals surface area contributed by atoms with E-state index in [1.165, 1.54) is 73.3 Å². The van der Waals surface area contributed by atoms with E-state index in [0.717, 1.165) is 36.4 Å². The van der Waals surface area contributed by atoms with E-state index < -0.39 is 56.5 Å². The molecule has 4 nitrogen and oxygen atoms in total. The van der Waals surface area contributed by atoms with E-state index in [9.17, 15) is 34.8 Å². The summed E-state index contributed by atoms with van der Waals surface area (Å²) >= 11 is 0. The first-order chi connectivity index (χ1) is 24.1. The summed E-state index contributed by atoms with van der Waals surface area (Å²) < 4.78 is 135. The van der Waals surface area contributed by atoms with Crippen LogP contribution in [-0.4, -0.2) is 18.4 Å². The van der Waals surface area contributed by atoms with Crippen molar-refractivity contribution >= 4 is 9.84 Å². The van der Waals surface area contributed by atoms with Crippen molar-refractivity contribution in [2.75, 3.05) is 0 Å². The molecular weight excluding hydrogens is 700 g/mol. The standard InChI is InChI=1S/C38H24F8N2O2S/c39-35-17-25(33-19-47-15-13-31(33)23-5-9-29(10-6-23)37(41,42)43)1-3-27(35)21-51(49,50)22-28-4-2-26(18-36(28)40)34-20-48-16-14-32(34)24-7-11-30(12-8-24)38(44,45)46/h1-20H,21-22H2. The van der Waals surface area contributed by atoms with E-state index in [0.29, 0.717) is 44.5 Å². The number of rotatable bonds is 8. The van der Waals surface area contributed by atoms with Crippen LogP contribution in [0.5, 0.6) is 0 Å². The molecule has 0 fully saturated rings. The Kier molecular flexibility index (Phi) is 9.51. The normalized spacial score (nSPS) is 12.2. The van der Waals surface area contributed by atoms with Crippen LogP contribution in [0.2, 0.25) is 0 Å². The lowest BCUT2D eigenvalue weighted by Gasteiger charge is -2.13. The maximum Gasteiger partial charge on any atom is 0.416 e. The fraction of sp³-hybridized carbons (Fsp3) is 0.105. The number of benzene rings is 4. The first-order valence-corrected chi connectivity index (χ1v) is 16.9. The first-order valence-electron chi connectivity index (χ1n) is 15.1. The molecule has 0 aliphatic rings. The molecule has 0 saturated heterocycles. The summed E-state index contributed by atoms with van der Waals surface area (Å²) in [6, 6.07) is 19.7. The van der Waals surface area contributed by atoms with E-state index in [2.05, 4.69) is 9.97 Å². The van der Waals surface area contributed by atoms with Gasteiger partial charge in [0.15, 0.2) is 9.84 Å². The smallest absolute Gasteiger partial charge is 0.264 e. The van der Waals surface area contributed by atoms with E-state index >= 15 is 8.78 Å². The Morgan fingerprint density at radius 3 is 1.16 bits per heavy atom. The van der Waals surface area contributed by atoms with Gasteiger partial charge in [-0.2, -0.15) is 26.3 Å². The Bertz CT molecular complexity index is 2160. The lowest BCUT2D eigenvalue weighted by molar-refractivity contribution is -0.138. The number of sulfone groups is 1. The van der Waals surface area contributed by atoms with Gasteiger partial charge in [0, 0.05) is 47.0 Å². The molecule has 0 unspecified atom stereocenters. The molecule has 0 aliphatic carbocycles. The fourth-order valence-corrected chi connectivity index (χ4v) is 7.14. The average molecular weight is 725 g/mol. The van der Waals surface area contributed by atoms with Gasteiger partial charge in [0.1, 0.15) is 11.6 Å². The molecule has 0 aliphatic heterocycles. The molecule has 0 bridgehead atoms. The van der Waals surface area contributed by atoms with Gasteiger partial charge in [-0.3, -0.25) is 9.97 Å². The number of nitrogens with zero attached hydrogens (tertiary/aromatic N) is 2. The van der Waals surface area contributed by atoms with Gasteiger partial charge in [-0.1, -0.05) is 48.5 Å². The van der Waals surface area contributed by atoms with Gasteiger partial charge in [0.05, 0.1) is 22.6 Å². The summed E-state index contributed by atoms with van der Waals surface area (Å²) in [6.07, 6.45) is -3.31. The topological polar surface area (TPSA) is 59.9 Å². The summed E-state index contributed by atoms with van der Waals surface area (Å²) in [5, 5.41) is 0. The molecule has 0 spiro atoms. The summed E-state index contributed by atoms with van der Waals surface area (Å²) in [6.45, 7) is 0. The molecule has 13 heteroatoms. The third-order valence-corrected chi connectivity index (χ3v) is 9.67. The van der Waals surface area contributed by atoms with Crippen LogP contribution in [0.1, 0.15) is 22.3 Å². The molecule has 51 heavy (non-hydrogen) atoms. The molecule has 6 rings (SSSR count). The molecule has 0 atom stereocenters. The Morgan fingerprint density at radius 1 is 0.471 bits per heavy atom. The summed E-state index contributed by atoms with van der Waals surface area (Å²) in [7, 11) is -4.11. The van der Waals surface area contributed by atoms with Gasteiger partial charge in [0.25, 0.3) is 0 Å². The van der Waals surface area contributed by atoms with E-state index in [-0.39, 0.29) is 11.1 Å². The van der Waals surface area contributed by atoms with Crippen molar-refractivity contribution < 1.29 is 43.5 Å². The van der Waals surface area contributed by atoms with Crippen LogP contribution in [-0.2, 0) is 33.7 Å². The van der Waals surface area contributed by atoms with Crippen LogP contribution < -0.4 is 0 Å². The van der Waals surface area contributed by atoms with Gasteiger partial charge in [0.2, 0.25) is 0 Å². The summed E-state index contributed by atoms with van der Waals surface area (Å²) in [4.78, 5) is 8.11. The molecule has 0 N–H and O–H groups in total. The number of pyridine rings is 2. The quantitative estimate of drug-likeness (QED) is 0.147. The lowest BCUT2D eigenvalue weighted by atomic mass is 9.95. The fourth-order valence-electron chi connectivity index (χ4n) is 5.62. The molecule has 0 saturated carbocycles.